The smallest absolute Gasteiger partial charge is 0.176 e. The highest BCUT2D eigenvalue weighted by Gasteiger charge is 2.25. The van der Waals surface area contributed by atoms with E-state index in [-0.39, 0.29) is 11.9 Å². The van der Waals surface area contributed by atoms with Gasteiger partial charge in [-0.25, -0.2) is 0 Å². The Morgan fingerprint density at radius 2 is 2.06 bits per heavy atom. The molecule has 1 unspecified atom stereocenters. The number of carbonyl (C=O) groups is 1. The second kappa shape index (κ2) is 9.46. The van der Waals surface area contributed by atoms with Crippen LogP contribution in [0.2, 0.25) is 5.02 Å². The first-order valence-electron chi connectivity index (χ1n) is 11.3. The lowest BCUT2D eigenvalue weighted by molar-refractivity contribution is 0.0734. The van der Waals surface area contributed by atoms with E-state index in [0.29, 0.717) is 30.4 Å². The van der Waals surface area contributed by atoms with E-state index >= 15 is 0 Å². The van der Waals surface area contributed by atoms with Crippen LogP contribution in [0.4, 0.5) is 0 Å². The van der Waals surface area contributed by atoms with E-state index < -0.39 is 0 Å². The van der Waals surface area contributed by atoms with Gasteiger partial charge in [-0.05, 0) is 62.2 Å². The van der Waals surface area contributed by atoms with Gasteiger partial charge >= 0.3 is 0 Å². The van der Waals surface area contributed by atoms with Crippen molar-refractivity contribution in [2.45, 2.75) is 32.4 Å². The fraction of sp³-hybridized carbons (Fsp3) is 0.296. The van der Waals surface area contributed by atoms with Crippen molar-refractivity contribution in [3.05, 3.63) is 93.8 Å². The number of rotatable bonds is 6. The van der Waals surface area contributed by atoms with Crippen LogP contribution in [0.1, 0.15) is 45.6 Å². The summed E-state index contributed by atoms with van der Waals surface area (Å²) < 4.78 is 6.13. The maximum Gasteiger partial charge on any atom is 0.176 e. The fourth-order valence-corrected chi connectivity index (χ4v) is 4.74. The maximum absolute atomic E-state index is 13.2. The number of aromatic nitrogens is 1. The quantitative estimate of drug-likeness (QED) is 0.480. The molecule has 0 N–H and O–H groups in total. The number of nitrogens with zero attached hydrogens (tertiary/aromatic N) is 3. The SMILES string of the molecule is Cc1cc(C2=NCc3ccc(C(=O)CN4CCCC(Oc5ccccc5Cl)C4)cc32)ccn1. The van der Waals surface area contributed by atoms with Crippen molar-refractivity contribution in [1.29, 1.82) is 0 Å². The maximum atomic E-state index is 13.2. The standard InChI is InChI=1S/C27H26ClN3O2/c1-18-13-20(10-11-29-18)27-23-14-19(8-9-21(23)15-30-27)25(32)17-31-12-4-5-22(16-31)33-26-7-3-2-6-24(26)28/h2-3,6-11,13-14,22H,4-5,12,15-17H2,1H3. The van der Waals surface area contributed by atoms with Crippen LogP contribution in [-0.4, -0.2) is 47.1 Å². The molecule has 0 saturated carbocycles. The monoisotopic (exact) mass is 459 g/mol. The summed E-state index contributed by atoms with van der Waals surface area (Å²) in [6.07, 6.45) is 3.78. The Hall–Kier alpha value is -3.02. The van der Waals surface area contributed by atoms with Gasteiger partial charge in [0.1, 0.15) is 11.9 Å². The Morgan fingerprint density at radius 1 is 1.18 bits per heavy atom. The average molecular weight is 460 g/mol. The Balaban J connectivity index is 1.27. The molecule has 0 bridgehead atoms. The van der Waals surface area contributed by atoms with E-state index in [9.17, 15) is 4.79 Å². The third-order valence-electron chi connectivity index (χ3n) is 6.22. The molecule has 1 aromatic heterocycles. The highest BCUT2D eigenvalue weighted by molar-refractivity contribution is 6.32. The van der Waals surface area contributed by atoms with Gasteiger partial charge in [0, 0.05) is 35.1 Å². The lowest BCUT2D eigenvalue weighted by Gasteiger charge is -2.32. The molecule has 0 amide bonds. The molecule has 0 radical (unpaired) electrons. The molecule has 0 aliphatic carbocycles. The van der Waals surface area contributed by atoms with E-state index in [1.165, 1.54) is 0 Å². The third kappa shape index (κ3) is 4.85. The van der Waals surface area contributed by atoms with Gasteiger partial charge in [0.05, 0.1) is 23.8 Å². The van der Waals surface area contributed by atoms with E-state index in [0.717, 1.165) is 53.0 Å². The lowest BCUT2D eigenvalue weighted by atomic mass is 9.96. The summed E-state index contributed by atoms with van der Waals surface area (Å²) in [7, 11) is 0. The molecule has 0 spiro atoms. The lowest BCUT2D eigenvalue weighted by Crippen LogP contribution is -2.43. The number of fused-ring (bicyclic) bond motifs is 1. The minimum absolute atomic E-state index is 0.0279. The second-order valence-electron chi connectivity index (χ2n) is 8.69. The van der Waals surface area contributed by atoms with Crippen LogP contribution in [0.25, 0.3) is 0 Å². The number of aryl methyl sites for hydroxylation is 1. The first-order valence-corrected chi connectivity index (χ1v) is 11.7. The van der Waals surface area contributed by atoms with Crippen LogP contribution < -0.4 is 4.74 Å². The van der Waals surface area contributed by atoms with Gasteiger partial charge < -0.3 is 4.74 Å². The summed E-state index contributed by atoms with van der Waals surface area (Å²) in [5.41, 5.74) is 5.86. The zero-order valence-electron chi connectivity index (χ0n) is 18.6. The number of hydrogen-bond acceptors (Lipinski definition) is 5. The number of benzene rings is 2. The molecule has 3 heterocycles. The van der Waals surface area contributed by atoms with Gasteiger partial charge in [-0.1, -0.05) is 35.9 Å². The molecule has 2 aliphatic rings. The summed E-state index contributed by atoms with van der Waals surface area (Å²) in [5.74, 6) is 0.822. The van der Waals surface area contributed by atoms with Crippen molar-refractivity contribution in [3.63, 3.8) is 0 Å². The summed E-state index contributed by atoms with van der Waals surface area (Å²) in [5, 5.41) is 0.616. The van der Waals surface area contributed by atoms with Crippen LogP contribution in [0, 0.1) is 6.92 Å². The number of aliphatic imine (C=N–C) groups is 1. The first kappa shape index (κ1) is 21.8. The molecule has 33 heavy (non-hydrogen) atoms. The van der Waals surface area contributed by atoms with Crippen molar-refractivity contribution in [1.82, 2.24) is 9.88 Å². The highest BCUT2D eigenvalue weighted by atomic mass is 35.5. The molecule has 2 aromatic carbocycles. The molecule has 5 rings (SSSR count). The minimum atomic E-state index is 0.0279. The number of Topliss-reactive ketones (excluding diaryl/α,β-unsaturated/α-hetero) is 1. The molecule has 5 nitrogen and oxygen atoms in total. The molecule has 1 fully saturated rings. The number of ketones is 1. The van der Waals surface area contributed by atoms with Gasteiger partial charge in [0.25, 0.3) is 0 Å². The van der Waals surface area contributed by atoms with Crippen molar-refractivity contribution >= 4 is 23.1 Å². The van der Waals surface area contributed by atoms with Crippen LogP contribution in [-0.2, 0) is 6.54 Å². The van der Waals surface area contributed by atoms with Crippen molar-refractivity contribution in [2.24, 2.45) is 4.99 Å². The highest BCUT2D eigenvalue weighted by Crippen LogP contribution is 2.27. The van der Waals surface area contributed by atoms with Crippen molar-refractivity contribution in [2.75, 3.05) is 19.6 Å². The normalized spacial score (nSPS) is 18.0. The van der Waals surface area contributed by atoms with Gasteiger partial charge in [0.15, 0.2) is 5.78 Å². The number of pyridine rings is 1. The predicted octanol–water partition coefficient (Wildman–Crippen LogP) is 5.12. The number of piperidine rings is 1. The van der Waals surface area contributed by atoms with Crippen LogP contribution in [0.5, 0.6) is 5.75 Å². The second-order valence-corrected chi connectivity index (χ2v) is 9.10. The van der Waals surface area contributed by atoms with Crippen LogP contribution >= 0.6 is 11.6 Å². The van der Waals surface area contributed by atoms with Crippen LogP contribution in [0.3, 0.4) is 0 Å². The molecule has 3 aromatic rings. The molecular weight excluding hydrogens is 434 g/mol. The Kier molecular flexibility index (Phi) is 6.25. The number of para-hydroxylation sites is 1. The Labute approximate surface area is 199 Å². The van der Waals surface area contributed by atoms with Gasteiger partial charge in [-0.2, -0.15) is 0 Å². The molecule has 6 heteroatoms. The fourth-order valence-electron chi connectivity index (χ4n) is 4.56. The first-order chi connectivity index (χ1) is 16.1. The average Bonchev–Trinajstić information content (AvgIpc) is 3.24. The van der Waals surface area contributed by atoms with Gasteiger partial charge in [-0.3, -0.25) is 19.7 Å². The number of halogens is 1. The van der Waals surface area contributed by atoms with Gasteiger partial charge in [-0.15, -0.1) is 0 Å². The summed E-state index contributed by atoms with van der Waals surface area (Å²) in [6.45, 7) is 4.60. The molecule has 1 saturated heterocycles. The number of carbonyl (C=O) groups excluding carboxylic acids is 1. The van der Waals surface area contributed by atoms with Crippen LogP contribution in [0.15, 0.2) is 65.8 Å². The Morgan fingerprint density at radius 3 is 2.91 bits per heavy atom. The topological polar surface area (TPSA) is 54.8 Å². The molecular formula is C27H26ClN3O2. The summed E-state index contributed by atoms with van der Waals surface area (Å²) in [4.78, 5) is 24.4. The van der Waals surface area contributed by atoms with Crippen molar-refractivity contribution < 1.29 is 9.53 Å². The third-order valence-corrected chi connectivity index (χ3v) is 6.54. The van der Waals surface area contributed by atoms with Gasteiger partial charge in [0.2, 0.25) is 0 Å². The summed E-state index contributed by atoms with van der Waals surface area (Å²) in [6, 6.07) is 17.5. The molecule has 168 valence electrons. The largest absolute Gasteiger partial charge is 0.488 e. The van der Waals surface area contributed by atoms with E-state index in [1.807, 2.05) is 61.5 Å². The number of hydrogen-bond donors (Lipinski definition) is 0. The van der Waals surface area contributed by atoms with E-state index in [1.54, 1.807) is 6.20 Å². The minimum Gasteiger partial charge on any atom is -0.488 e. The summed E-state index contributed by atoms with van der Waals surface area (Å²) >= 11 is 6.25. The zero-order chi connectivity index (χ0) is 22.8. The number of likely N-dealkylation sites (tertiary alicyclic amines) is 1. The van der Waals surface area contributed by atoms with E-state index in [2.05, 4.69) is 9.88 Å². The Bertz CT molecular complexity index is 1220. The molecule has 1 atom stereocenters. The van der Waals surface area contributed by atoms with Crippen molar-refractivity contribution in [3.8, 4) is 5.75 Å². The number of ether oxygens (including phenoxy) is 1. The predicted molar refractivity (Wildman–Crippen MR) is 131 cm³/mol. The van der Waals surface area contributed by atoms with E-state index in [4.69, 9.17) is 21.3 Å². The zero-order valence-corrected chi connectivity index (χ0v) is 19.4. The molecule has 2 aliphatic heterocycles.